The Morgan fingerprint density at radius 1 is 1.07 bits per heavy atom. The van der Waals surface area contributed by atoms with E-state index in [-0.39, 0.29) is 6.61 Å². The van der Waals surface area contributed by atoms with E-state index in [1.807, 2.05) is 67.9 Å². The van der Waals surface area contributed by atoms with Gasteiger partial charge in [-0.1, -0.05) is 59.7 Å². The Balaban J connectivity index is 1.89. The summed E-state index contributed by atoms with van der Waals surface area (Å²) < 4.78 is 7.38. The normalized spacial score (nSPS) is 11.4. The lowest BCUT2D eigenvalue weighted by molar-refractivity contribution is -0.162. The van der Waals surface area contributed by atoms with E-state index in [2.05, 4.69) is 4.98 Å². The van der Waals surface area contributed by atoms with Gasteiger partial charge < -0.3 is 14.4 Å². The highest BCUT2D eigenvalue weighted by Crippen LogP contribution is 2.32. The van der Waals surface area contributed by atoms with Gasteiger partial charge in [0, 0.05) is 12.4 Å². The van der Waals surface area contributed by atoms with Crippen molar-refractivity contribution in [1.82, 2.24) is 9.55 Å². The van der Waals surface area contributed by atoms with E-state index in [4.69, 9.17) is 4.74 Å². The molecule has 0 aliphatic rings. The first-order chi connectivity index (χ1) is 12.9. The van der Waals surface area contributed by atoms with Crippen LogP contribution in [0.1, 0.15) is 28.1 Å². The number of imidazole rings is 1. The zero-order valence-corrected chi connectivity index (χ0v) is 15.8. The summed E-state index contributed by atoms with van der Waals surface area (Å²) in [6, 6.07) is 14.6. The summed E-state index contributed by atoms with van der Waals surface area (Å²) in [6.45, 7) is 6.36. The number of hydrogen-bond donors (Lipinski definition) is 1. The summed E-state index contributed by atoms with van der Waals surface area (Å²) in [6.07, 6.45) is 3.53. The lowest BCUT2D eigenvalue weighted by Gasteiger charge is -2.27. The van der Waals surface area contributed by atoms with Gasteiger partial charge in [-0.3, -0.25) is 0 Å². The zero-order chi connectivity index (χ0) is 19.4. The Labute approximate surface area is 159 Å². The molecule has 0 saturated carbocycles. The van der Waals surface area contributed by atoms with Crippen molar-refractivity contribution >= 4 is 5.97 Å². The fraction of sp³-hybridized carbons (Fsp3) is 0.273. The molecule has 0 atom stereocenters. The van der Waals surface area contributed by atoms with Crippen LogP contribution in [0, 0.1) is 20.8 Å². The highest BCUT2D eigenvalue weighted by atomic mass is 16.5. The standard InChI is InChI=1S/C22H24N2O3/c1-16-6-4-8-19(14-16)22(26,20-9-5-7-17(2)15-20)21(25)27-13-12-24-11-10-23-18(24)3/h4-11,14-15,26H,12-13H2,1-3H3. The summed E-state index contributed by atoms with van der Waals surface area (Å²) >= 11 is 0. The van der Waals surface area contributed by atoms with Gasteiger partial charge in [-0.15, -0.1) is 0 Å². The molecule has 0 unspecified atom stereocenters. The maximum absolute atomic E-state index is 13.0. The van der Waals surface area contributed by atoms with Crippen LogP contribution in [0.2, 0.25) is 0 Å². The summed E-state index contributed by atoms with van der Waals surface area (Å²) in [5, 5.41) is 11.5. The molecule has 0 aliphatic carbocycles. The minimum atomic E-state index is -1.86. The quantitative estimate of drug-likeness (QED) is 0.682. The molecule has 5 nitrogen and oxygen atoms in total. The van der Waals surface area contributed by atoms with Crippen molar-refractivity contribution in [2.75, 3.05) is 6.61 Å². The molecule has 0 saturated heterocycles. The van der Waals surface area contributed by atoms with Crippen molar-refractivity contribution in [3.8, 4) is 0 Å². The predicted octanol–water partition coefficient (Wildman–Crippen LogP) is 3.29. The fourth-order valence-electron chi connectivity index (χ4n) is 3.12. The summed E-state index contributed by atoms with van der Waals surface area (Å²) in [5.74, 6) is 0.162. The summed E-state index contributed by atoms with van der Waals surface area (Å²) in [4.78, 5) is 17.2. The smallest absolute Gasteiger partial charge is 0.347 e. The monoisotopic (exact) mass is 364 g/mol. The lowest BCUT2D eigenvalue weighted by Crippen LogP contribution is -2.39. The van der Waals surface area contributed by atoms with Gasteiger partial charge in [-0.2, -0.15) is 0 Å². The van der Waals surface area contributed by atoms with E-state index in [0.29, 0.717) is 17.7 Å². The van der Waals surface area contributed by atoms with Gasteiger partial charge in [0.1, 0.15) is 12.4 Å². The number of aliphatic hydroxyl groups is 1. The molecule has 27 heavy (non-hydrogen) atoms. The Morgan fingerprint density at radius 3 is 2.15 bits per heavy atom. The third-order valence-electron chi connectivity index (χ3n) is 4.66. The number of esters is 1. The van der Waals surface area contributed by atoms with Crippen molar-refractivity contribution < 1.29 is 14.6 Å². The molecular formula is C22H24N2O3. The molecule has 0 bridgehead atoms. The van der Waals surface area contributed by atoms with Gasteiger partial charge in [-0.25, -0.2) is 9.78 Å². The Morgan fingerprint density at radius 2 is 1.67 bits per heavy atom. The Bertz CT molecular complexity index is 900. The second kappa shape index (κ2) is 7.76. The maximum Gasteiger partial charge on any atom is 0.347 e. The summed E-state index contributed by atoms with van der Waals surface area (Å²) in [5.41, 5.74) is 1.05. The molecule has 1 aromatic heterocycles. The van der Waals surface area contributed by atoms with Crippen LogP contribution >= 0.6 is 0 Å². The number of rotatable bonds is 6. The number of benzene rings is 2. The van der Waals surface area contributed by atoms with Crippen molar-refractivity contribution in [3.05, 3.63) is 89.0 Å². The minimum Gasteiger partial charge on any atom is -0.461 e. The molecule has 0 aliphatic heterocycles. The van der Waals surface area contributed by atoms with E-state index < -0.39 is 11.6 Å². The fourth-order valence-corrected chi connectivity index (χ4v) is 3.12. The van der Waals surface area contributed by atoms with E-state index in [9.17, 15) is 9.90 Å². The number of carbonyl (C=O) groups excluding carboxylic acids is 1. The summed E-state index contributed by atoms with van der Waals surface area (Å²) in [7, 11) is 0. The molecule has 140 valence electrons. The van der Waals surface area contributed by atoms with E-state index in [0.717, 1.165) is 17.0 Å². The molecule has 3 rings (SSSR count). The highest BCUT2D eigenvalue weighted by Gasteiger charge is 2.41. The van der Waals surface area contributed by atoms with Crippen molar-refractivity contribution in [2.45, 2.75) is 32.9 Å². The Kier molecular flexibility index (Phi) is 5.42. The van der Waals surface area contributed by atoms with Crippen LogP contribution in [0.3, 0.4) is 0 Å². The van der Waals surface area contributed by atoms with E-state index >= 15 is 0 Å². The molecular weight excluding hydrogens is 340 g/mol. The number of carbonyl (C=O) groups is 1. The molecule has 5 heteroatoms. The van der Waals surface area contributed by atoms with Gasteiger partial charge in [0.05, 0.1) is 6.54 Å². The van der Waals surface area contributed by atoms with Crippen LogP contribution in [-0.4, -0.2) is 27.2 Å². The van der Waals surface area contributed by atoms with E-state index in [1.165, 1.54) is 0 Å². The molecule has 0 fully saturated rings. The second-order valence-corrected chi connectivity index (χ2v) is 6.75. The van der Waals surface area contributed by atoms with Crippen LogP contribution in [0.4, 0.5) is 0 Å². The second-order valence-electron chi connectivity index (χ2n) is 6.75. The minimum absolute atomic E-state index is 0.149. The van der Waals surface area contributed by atoms with Gasteiger partial charge in [0.25, 0.3) is 0 Å². The average molecular weight is 364 g/mol. The SMILES string of the molecule is Cc1cccc(C(O)(C(=O)OCCn2ccnc2C)c2cccc(C)c2)c1. The number of aryl methyl sites for hydroxylation is 3. The molecule has 1 heterocycles. The van der Waals surface area contributed by atoms with Gasteiger partial charge in [-0.05, 0) is 31.9 Å². The van der Waals surface area contributed by atoms with Crippen LogP contribution < -0.4 is 0 Å². The number of hydrogen-bond acceptors (Lipinski definition) is 4. The van der Waals surface area contributed by atoms with Crippen LogP contribution in [-0.2, 0) is 21.7 Å². The molecule has 0 amide bonds. The number of aromatic nitrogens is 2. The maximum atomic E-state index is 13.0. The van der Waals surface area contributed by atoms with Crippen LogP contribution in [0.25, 0.3) is 0 Å². The van der Waals surface area contributed by atoms with Crippen LogP contribution in [0.5, 0.6) is 0 Å². The predicted molar refractivity (Wildman–Crippen MR) is 103 cm³/mol. The molecule has 2 aromatic carbocycles. The van der Waals surface area contributed by atoms with E-state index in [1.54, 1.807) is 18.3 Å². The topological polar surface area (TPSA) is 64.3 Å². The van der Waals surface area contributed by atoms with Gasteiger partial charge in [0.2, 0.25) is 5.60 Å². The largest absolute Gasteiger partial charge is 0.461 e. The molecule has 1 N–H and O–H groups in total. The van der Waals surface area contributed by atoms with Gasteiger partial charge in [0.15, 0.2) is 0 Å². The molecule has 0 radical (unpaired) electrons. The first kappa shape index (κ1) is 18.9. The number of ether oxygens (including phenoxy) is 1. The first-order valence-corrected chi connectivity index (χ1v) is 8.93. The average Bonchev–Trinajstić information content (AvgIpc) is 3.06. The number of nitrogens with zero attached hydrogens (tertiary/aromatic N) is 2. The molecule has 3 aromatic rings. The van der Waals surface area contributed by atoms with Crippen molar-refractivity contribution in [2.24, 2.45) is 0 Å². The lowest BCUT2D eigenvalue weighted by atomic mass is 9.85. The zero-order valence-electron chi connectivity index (χ0n) is 15.8. The first-order valence-electron chi connectivity index (χ1n) is 8.93. The van der Waals surface area contributed by atoms with Crippen molar-refractivity contribution in [3.63, 3.8) is 0 Å². The Hall–Kier alpha value is -2.92. The highest BCUT2D eigenvalue weighted by molar-refractivity contribution is 5.85. The van der Waals surface area contributed by atoms with Gasteiger partial charge >= 0.3 is 5.97 Å². The molecule has 0 spiro atoms. The van der Waals surface area contributed by atoms with Crippen LogP contribution in [0.15, 0.2) is 60.9 Å². The third kappa shape index (κ3) is 3.93. The van der Waals surface area contributed by atoms with Crippen molar-refractivity contribution in [1.29, 1.82) is 0 Å². The third-order valence-corrected chi connectivity index (χ3v) is 4.66.